The Balaban J connectivity index is 2.25. The molecule has 2 rings (SSSR count). The van der Waals surface area contributed by atoms with E-state index in [-0.39, 0.29) is 6.10 Å². The fourth-order valence-corrected chi connectivity index (χ4v) is 2.81. The van der Waals surface area contributed by atoms with Gasteiger partial charge in [0.05, 0.1) is 12.4 Å². The Morgan fingerprint density at radius 3 is 2.18 bits per heavy atom. The zero-order chi connectivity index (χ0) is 16.3. The monoisotopic (exact) mass is 319 g/mol. The summed E-state index contributed by atoms with van der Waals surface area (Å²) in [6.07, 6.45) is 1.29. The van der Waals surface area contributed by atoms with Crippen LogP contribution < -0.4 is 9.46 Å². The van der Waals surface area contributed by atoms with E-state index in [1.54, 1.807) is 6.07 Å². The molecule has 0 aliphatic carbocycles. The largest absolute Gasteiger partial charge is 0.491 e. The van der Waals surface area contributed by atoms with E-state index in [9.17, 15) is 8.42 Å². The van der Waals surface area contributed by atoms with Crippen molar-refractivity contribution in [3.63, 3.8) is 0 Å². The summed E-state index contributed by atoms with van der Waals surface area (Å²) in [5.41, 5.74) is 3.71. The van der Waals surface area contributed by atoms with E-state index in [1.165, 1.54) is 0 Å². The number of nitrogens with one attached hydrogen (secondary N) is 1. The third kappa shape index (κ3) is 4.49. The van der Waals surface area contributed by atoms with E-state index < -0.39 is 10.0 Å². The number of sulfonamides is 1. The van der Waals surface area contributed by atoms with Crippen LogP contribution in [-0.4, -0.2) is 20.8 Å². The van der Waals surface area contributed by atoms with Crippen LogP contribution in [0.15, 0.2) is 42.5 Å². The van der Waals surface area contributed by atoms with Crippen LogP contribution in [-0.2, 0) is 10.0 Å². The molecule has 2 aromatic rings. The molecule has 0 aliphatic rings. The van der Waals surface area contributed by atoms with E-state index >= 15 is 0 Å². The van der Waals surface area contributed by atoms with Gasteiger partial charge in [0, 0.05) is 5.69 Å². The Kier molecular flexibility index (Phi) is 4.76. The zero-order valence-corrected chi connectivity index (χ0v) is 14.1. The van der Waals surface area contributed by atoms with Crippen molar-refractivity contribution >= 4 is 15.7 Å². The maximum absolute atomic E-state index is 11.3. The maximum Gasteiger partial charge on any atom is 0.229 e. The lowest BCUT2D eigenvalue weighted by molar-refractivity contribution is 0.242. The highest BCUT2D eigenvalue weighted by Crippen LogP contribution is 2.28. The van der Waals surface area contributed by atoms with Gasteiger partial charge in [-0.05, 0) is 61.7 Å². The summed E-state index contributed by atoms with van der Waals surface area (Å²) in [7, 11) is -3.26. The SMILES string of the molecule is Cc1cc(NS(C)(=O)=O)ccc1-c1ccc(OC(C)C)cc1. The van der Waals surface area contributed by atoms with E-state index in [2.05, 4.69) is 4.72 Å². The molecule has 0 fully saturated rings. The molecule has 118 valence electrons. The molecular weight excluding hydrogens is 298 g/mol. The topological polar surface area (TPSA) is 55.4 Å². The Hall–Kier alpha value is -2.01. The van der Waals surface area contributed by atoms with Crippen molar-refractivity contribution in [2.24, 2.45) is 0 Å². The van der Waals surface area contributed by atoms with Gasteiger partial charge in [0.2, 0.25) is 10.0 Å². The van der Waals surface area contributed by atoms with Crippen LogP contribution >= 0.6 is 0 Å². The molecule has 1 N–H and O–H groups in total. The number of benzene rings is 2. The van der Waals surface area contributed by atoms with Crippen molar-refractivity contribution in [1.82, 2.24) is 0 Å². The minimum atomic E-state index is -3.26. The van der Waals surface area contributed by atoms with Crippen LogP contribution in [0.2, 0.25) is 0 Å². The van der Waals surface area contributed by atoms with Crippen molar-refractivity contribution in [3.8, 4) is 16.9 Å². The normalized spacial score (nSPS) is 11.5. The molecule has 0 atom stereocenters. The summed E-state index contributed by atoms with van der Waals surface area (Å²) in [5.74, 6) is 0.840. The van der Waals surface area contributed by atoms with Gasteiger partial charge < -0.3 is 4.74 Å². The van der Waals surface area contributed by atoms with Crippen LogP contribution in [0.4, 0.5) is 5.69 Å². The Morgan fingerprint density at radius 2 is 1.68 bits per heavy atom. The molecule has 0 bridgehead atoms. The molecule has 0 saturated carbocycles. The van der Waals surface area contributed by atoms with Crippen molar-refractivity contribution in [3.05, 3.63) is 48.0 Å². The molecule has 0 saturated heterocycles. The lowest BCUT2D eigenvalue weighted by Crippen LogP contribution is -2.09. The molecule has 0 amide bonds. The highest BCUT2D eigenvalue weighted by molar-refractivity contribution is 7.92. The lowest BCUT2D eigenvalue weighted by Gasteiger charge is -2.12. The van der Waals surface area contributed by atoms with Gasteiger partial charge in [0.25, 0.3) is 0 Å². The summed E-state index contributed by atoms with van der Waals surface area (Å²) in [6, 6.07) is 13.4. The van der Waals surface area contributed by atoms with Crippen molar-refractivity contribution in [2.45, 2.75) is 26.9 Å². The molecule has 0 spiro atoms. The van der Waals surface area contributed by atoms with Crippen LogP contribution in [0, 0.1) is 6.92 Å². The van der Waals surface area contributed by atoms with Gasteiger partial charge in [-0.25, -0.2) is 8.42 Å². The van der Waals surface area contributed by atoms with Gasteiger partial charge in [-0.3, -0.25) is 4.72 Å². The molecule has 4 nitrogen and oxygen atoms in total. The predicted molar refractivity (Wildman–Crippen MR) is 90.8 cm³/mol. The Bertz CT molecular complexity index is 750. The molecule has 22 heavy (non-hydrogen) atoms. The third-order valence-corrected chi connectivity index (χ3v) is 3.67. The first-order valence-corrected chi connectivity index (χ1v) is 8.99. The average molecular weight is 319 g/mol. The molecule has 2 aromatic carbocycles. The second-order valence-corrected chi connectivity index (χ2v) is 7.34. The smallest absolute Gasteiger partial charge is 0.229 e. The van der Waals surface area contributed by atoms with Crippen LogP contribution in [0.5, 0.6) is 5.75 Å². The number of rotatable bonds is 5. The minimum Gasteiger partial charge on any atom is -0.491 e. The Labute approximate surface area is 132 Å². The second-order valence-electron chi connectivity index (χ2n) is 5.59. The third-order valence-electron chi connectivity index (χ3n) is 3.07. The molecule has 0 unspecified atom stereocenters. The number of hydrogen-bond acceptors (Lipinski definition) is 3. The summed E-state index contributed by atoms with van der Waals surface area (Å²) in [4.78, 5) is 0. The standard InChI is InChI=1S/C17H21NO3S/c1-12(2)21-16-8-5-14(6-9-16)17-10-7-15(11-13(17)3)18-22(4,19)20/h5-12,18H,1-4H3. The van der Waals surface area contributed by atoms with Crippen LogP contribution in [0.3, 0.4) is 0 Å². The van der Waals surface area contributed by atoms with Gasteiger partial charge in [0.1, 0.15) is 5.75 Å². The van der Waals surface area contributed by atoms with Gasteiger partial charge in [-0.2, -0.15) is 0 Å². The van der Waals surface area contributed by atoms with Crippen molar-refractivity contribution in [2.75, 3.05) is 11.0 Å². The van der Waals surface area contributed by atoms with Crippen molar-refractivity contribution in [1.29, 1.82) is 0 Å². The number of anilines is 1. The van der Waals surface area contributed by atoms with Gasteiger partial charge in [-0.15, -0.1) is 0 Å². The molecule has 5 heteroatoms. The fraction of sp³-hybridized carbons (Fsp3) is 0.294. The number of aryl methyl sites for hydroxylation is 1. The summed E-state index contributed by atoms with van der Waals surface area (Å²) in [6.45, 7) is 5.94. The lowest BCUT2D eigenvalue weighted by atomic mass is 10.00. The maximum atomic E-state index is 11.3. The highest BCUT2D eigenvalue weighted by Gasteiger charge is 2.07. The first-order chi connectivity index (χ1) is 10.2. The zero-order valence-electron chi connectivity index (χ0n) is 13.3. The number of ether oxygens (including phenoxy) is 1. The van der Waals surface area contributed by atoms with Gasteiger partial charge in [0.15, 0.2) is 0 Å². The number of hydrogen-bond donors (Lipinski definition) is 1. The van der Waals surface area contributed by atoms with Crippen molar-refractivity contribution < 1.29 is 13.2 Å². The predicted octanol–water partition coefficient (Wildman–Crippen LogP) is 3.82. The average Bonchev–Trinajstić information content (AvgIpc) is 2.37. The summed E-state index contributed by atoms with van der Waals surface area (Å²) >= 11 is 0. The van der Waals surface area contributed by atoms with Gasteiger partial charge >= 0.3 is 0 Å². The quantitative estimate of drug-likeness (QED) is 0.911. The summed E-state index contributed by atoms with van der Waals surface area (Å²) in [5, 5.41) is 0. The molecule has 0 aliphatic heterocycles. The molecule has 0 aromatic heterocycles. The van der Waals surface area contributed by atoms with Crippen LogP contribution in [0.1, 0.15) is 19.4 Å². The Morgan fingerprint density at radius 1 is 1.05 bits per heavy atom. The molecular formula is C17H21NO3S. The first kappa shape index (κ1) is 16.4. The van der Waals surface area contributed by atoms with E-state index in [1.807, 2.05) is 57.2 Å². The summed E-state index contributed by atoms with van der Waals surface area (Å²) < 4.78 is 30.7. The van der Waals surface area contributed by atoms with E-state index in [0.717, 1.165) is 28.7 Å². The first-order valence-electron chi connectivity index (χ1n) is 7.10. The molecule has 0 radical (unpaired) electrons. The molecule has 0 heterocycles. The minimum absolute atomic E-state index is 0.147. The fourth-order valence-electron chi connectivity index (χ4n) is 2.25. The van der Waals surface area contributed by atoms with Gasteiger partial charge in [-0.1, -0.05) is 18.2 Å². The van der Waals surface area contributed by atoms with E-state index in [0.29, 0.717) is 5.69 Å². The highest BCUT2D eigenvalue weighted by atomic mass is 32.2. The van der Waals surface area contributed by atoms with E-state index in [4.69, 9.17) is 4.74 Å². The second kappa shape index (κ2) is 6.40. The van der Waals surface area contributed by atoms with Crippen LogP contribution in [0.25, 0.3) is 11.1 Å².